The van der Waals surface area contributed by atoms with Crippen LogP contribution < -0.4 is 0 Å². The van der Waals surface area contributed by atoms with Gasteiger partial charge in [0.15, 0.2) is 0 Å². The van der Waals surface area contributed by atoms with Gasteiger partial charge in [-0.25, -0.2) is 0 Å². The van der Waals surface area contributed by atoms with Crippen molar-refractivity contribution >= 4 is 27.5 Å². The topological polar surface area (TPSA) is 0 Å². The fraction of sp³-hybridized carbons (Fsp3) is 0.889. The normalized spacial score (nSPS) is 13.4. The van der Waals surface area contributed by atoms with Gasteiger partial charge >= 0.3 is 0 Å². The maximum absolute atomic E-state index is 5.61. The molecule has 0 amide bonds. The van der Waals surface area contributed by atoms with Crippen LogP contribution in [0.25, 0.3) is 0 Å². The van der Waals surface area contributed by atoms with Crippen LogP contribution in [0.3, 0.4) is 0 Å². The highest BCUT2D eigenvalue weighted by atomic mass is 79.9. The molecule has 2 heteroatoms. The molecule has 0 N–H and O–H groups in total. The van der Waals surface area contributed by atoms with Crippen molar-refractivity contribution < 1.29 is 0 Å². The van der Waals surface area contributed by atoms with Crippen LogP contribution >= 0.6 is 27.5 Å². The molecular weight excluding hydrogens is 223 g/mol. The maximum atomic E-state index is 5.61. The second kappa shape index (κ2) is 8.86. The highest BCUT2D eigenvalue weighted by Gasteiger charge is 2.04. The number of hydrogen-bond donors (Lipinski definition) is 0. The molecule has 0 aliphatic rings. The van der Waals surface area contributed by atoms with Gasteiger partial charge in [0, 0.05) is 11.2 Å². The smallest absolute Gasteiger partial charge is 0.0223 e. The fourth-order valence-corrected chi connectivity index (χ4v) is 1.64. The zero-order valence-corrected chi connectivity index (χ0v) is 9.33. The summed E-state index contributed by atoms with van der Waals surface area (Å²) < 4.78 is 0. The molecule has 0 nitrogen and oxygen atoms in total. The minimum atomic E-state index is 0.796. The van der Waals surface area contributed by atoms with Gasteiger partial charge < -0.3 is 0 Å². The van der Waals surface area contributed by atoms with Crippen LogP contribution in [0.2, 0.25) is 0 Å². The van der Waals surface area contributed by atoms with E-state index in [1.165, 1.54) is 19.3 Å². The van der Waals surface area contributed by atoms with Crippen LogP contribution in [0.5, 0.6) is 0 Å². The Morgan fingerprint density at radius 1 is 1.27 bits per heavy atom. The zero-order chi connectivity index (χ0) is 8.53. The molecule has 0 aliphatic heterocycles. The van der Waals surface area contributed by atoms with Gasteiger partial charge in [0.05, 0.1) is 0 Å². The van der Waals surface area contributed by atoms with Crippen LogP contribution in [0, 0.1) is 12.8 Å². The first-order valence-electron chi connectivity index (χ1n) is 4.26. The van der Waals surface area contributed by atoms with Gasteiger partial charge in [-0.3, -0.25) is 0 Å². The van der Waals surface area contributed by atoms with Crippen LogP contribution in [-0.4, -0.2) is 11.2 Å². The first kappa shape index (κ1) is 11.8. The monoisotopic (exact) mass is 239 g/mol. The van der Waals surface area contributed by atoms with Crippen molar-refractivity contribution in [1.29, 1.82) is 0 Å². The average Bonchev–Trinajstić information content (AvgIpc) is 2.05. The summed E-state index contributed by atoms with van der Waals surface area (Å²) in [4.78, 5) is 0. The largest absolute Gasteiger partial charge is 0.127 e. The number of rotatable bonds is 7. The van der Waals surface area contributed by atoms with Gasteiger partial charge in [0.2, 0.25) is 0 Å². The van der Waals surface area contributed by atoms with E-state index in [0.29, 0.717) is 0 Å². The maximum Gasteiger partial charge on any atom is 0.0223 e. The van der Waals surface area contributed by atoms with E-state index in [4.69, 9.17) is 11.6 Å². The Bertz CT molecular complexity index is 68.0. The molecule has 0 bridgehead atoms. The predicted molar refractivity (Wildman–Crippen MR) is 56.4 cm³/mol. The van der Waals surface area contributed by atoms with Crippen LogP contribution in [0.4, 0.5) is 0 Å². The molecule has 1 atom stereocenters. The minimum absolute atomic E-state index is 0.796. The lowest BCUT2D eigenvalue weighted by atomic mass is 9.96. The van der Waals surface area contributed by atoms with Crippen LogP contribution in [0.15, 0.2) is 0 Å². The SMILES string of the molecule is [CH2]CC(CCCCl)CCCBr. The molecule has 0 aromatic rings. The molecule has 1 radical (unpaired) electrons. The summed E-state index contributed by atoms with van der Waals surface area (Å²) >= 11 is 9.04. The van der Waals surface area contributed by atoms with Gasteiger partial charge in [0.1, 0.15) is 0 Å². The van der Waals surface area contributed by atoms with Crippen molar-refractivity contribution in [3.05, 3.63) is 6.92 Å². The first-order chi connectivity index (χ1) is 5.35. The van der Waals surface area contributed by atoms with Gasteiger partial charge in [0.25, 0.3) is 0 Å². The van der Waals surface area contributed by atoms with Crippen LogP contribution in [0.1, 0.15) is 32.1 Å². The summed E-state index contributed by atoms with van der Waals surface area (Å²) in [5.41, 5.74) is 0. The molecule has 0 saturated carbocycles. The molecule has 0 spiro atoms. The second-order valence-electron chi connectivity index (χ2n) is 2.82. The average molecular weight is 241 g/mol. The van der Waals surface area contributed by atoms with E-state index in [1.54, 1.807) is 0 Å². The molecule has 0 saturated heterocycles. The van der Waals surface area contributed by atoms with E-state index in [9.17, 15) is 0 Å². The zero-order valence-electron chi connectivity index (χ0n) is 6.99. The Morgan fingerprint density at radius 2 is 1.91 bits per heavy atom. The molecular formula is C9H17BrCl. The molecule has 0 fully saturated rings. The molecule has 0 aromatic carbocycles. The molecule has 0 heterocycles. The Hall–Kier alpha value is 0.770. The summed E-state index contributed by atoms with van der Waals surface area (Å²) in [5.74, 6) is 1.59. The predicted octanol–water partition coefficient (Wildman–Crippen LogP) is 4.02. The van der Waals surface area contributed by atoms with E-state index < -0.39 is 0 Å². The van der Waals surface area contributed by atoms with E-state index in [1.807, 2.05) is 0 Å². The molecule has 0 aromatic heterocycles. The molecule has 11 heavy (non-hydrogen) atoms. The third-order valence-corrected chi connectivity index (χ3v) is 2.73. The standard InChI is InChI=1S/C9H17BrCl/c1-2-9(5-3-7-10)6-4-8-11/h9H,1-8H2. The van der Waals surface area contributed by atoms with Gasteiger partial charge in [-0.05, 0) is 31.6 Å². The summed E-state index contributed by atoms with van der Waals surface area (Å²) in [6.45, 7) is 3.93. The van der Waals surface area contributed by atoms with E-state index in [2.05, 4.69) is 22.9 Å². The Kier molecular flexibility index (Phi) is 9.48. The molecule has 67 valence electrons. The van der Waals surface area contributed by atoms with Crippen molar-refractivity contribution in [1.82, 2.24) is 0 Å². The van der Waals surface area contributed by atoms with Crippen molar-refractivity contribution in [3.8, 4) is 0 Å². The second-order valence-corrected chi connectivity index (χ2v) is 3.99. The van der Waals surface area contributed by atoms with E-state index in [0.717, 1.165) is 30.0 Å². The third kappa shape index (κ3) is 7.14. The quantitative estimate of drug-likeness (QED) is 0.590. The highest BCUT2D eigenvalue weighted by molar-refractivity contribution is 9.09. The molecule has 1 unspecified atom stereocenters. The van der Waals surface area contributed by atoms with Crippen molar-refractivity contribution in [2.45, 2.75) is 32.1 Å². The van der Waals surface area contributed by atoms with E-state index in [-0.39, 0.29) is 0 Å². The van der Waals surface area contributed by atoms with Gasteiger partial charge in [-0.15, -0.1) is 11.6 Å². The number of alkyl halides is 2. The number of hydrogen-bond acceptors (Lipinski definition) is 0. The Labute approximate surface area is 83.8 Å². The fourth-order valence-electron chi connectivity index (χ4n) is 1.16. The summed E-state index contributed by atoms with van der Waals surface area (Å²) in [6.07, 6.45) is 6.02. The summed E-state index contributed by atoms with van der Waals surface area (Å²) in [6, 6.07) is 0. The Morgan fingerprint density at radius 3 is 2.36 bits per heavy atom. The van der Waals surface area contributed by atoms with Gasteiger partial charge in [-0.2, -0.15) is 0 Å². The Balaban J connectivity index is 3.25. The lowest BCUT2D eigenvalue weighted by Gasteiger charge is -2.12. The lowest BCUT2D eigenvalue weighted by molar-refractivity contribution is 0.447. The van der Waals surface area contributed by atoms with Crippen molar-refractivity contribution in [2.75, 3.05) is 11.2 Å². The van der Waals surface area contributed by atoms with Crippen molar-refractivity contribution in [2.24, 2.45) is 5.92 Å². The van der Waals surface area contributed by atoms with Crippen LogP contribution in [-0.2, 0) is 0 Å². The minimum Gasteiger partial charge on any atom is -0.127 e. The summed E-state index contributed by atoms with van der Waals surface area (Å²) in [7, 11) is 0. The summed E-state index contributed by atoms with van der Waals surface area (Å²) in [5, 5.41) is 1.12. The lowest BCUT2D eigenvalue weighted by Crippen LogP contribution is -1.99. The number of halogens is 2. The molecule has 0 aliphatic carbocycles. The third-order valence-electron chi connectivity index (χ3n) is 1.90. The van der Waals surface area contributed by atoms with Gasteiger partial charge in [-0.1, -0.05) is 29.3 Å². The molecule has 0 rings (SSSR count). The van der Waals surface area contributed by atoms with E-state index >= 15 is 0 Å². The first-order valence-corrected chi connectivity index (χ1v) is 5.92. The highest BCUT2D eigenvalue weighted by Crippen LogP contribution is 2.17. The van der Waals surface area contributed by atoms with Crippen molar-refractivity contribution in [3.63, 3.8) is 0 Å².